The van der Waals surface area contributed by atoms with Crippen molar-refractivity contribution in [2.24, 2.45) is 0 Å². The molecule has 2 heterocycles. The zero-order valence-electron chi connectivity index (χ0n) is 10.5. The van der Waals surface area contributed by atoms with Gasteiger partial charge in [-0.25, -0.2) is 4.98 Å². The van der Waals surface area contributed by atoms with Gasteiger partial charge in [0.25, 0.3) is 0 Å². The Kier molecular flexibility index (Phi) is 3.25. The van der Waals surface area contributed by atoms with Crippen molar-refractivity contribution in [2.45, 2.75) is 18.9 Å². The lowest BCUT2D eigenvalue weighted by Gasteiger charge is -2.27. The second kappa shape index (κ2) is 5.05. The molecule has 1 aliphatic rings. The molecule has 1 fully saturated rings. The van der Waals surface area contributed by atoms with Gasteiger partial charge >= 0.3 is 0 Å². The largest absolute Gasteiger partial charge is 0.394 e. The van der Waals surface area contributed by atoms with Crippen LogP contribution in [0.25, 0.3) is 0 Å². The van der Waals surface area contributed by atoms with E-state index in [4.69, 9.17) is 17.3 Å². The molecular weight excluding hydrogens is 260 g/mol. The summed E-state index contributed by atoms with van der Waals surface area (Å²) in [6, 6.07) is 10.7. The van der Waals surface area contributed by atoms with E-state index in [1.54, 1.807) is 6.20 Å². The van der Waals surface area contributed by atoms with Crippen LogP contribution in [0.3, 0.4) is 0 Å². The molecule has 4 nitrogen and oxygen atoms in total. The van der Waals surface area contributed by atoms with Gasteiger partial charge in [0.15, 0.2) is 5.82 Å². The lowest BCUT2D eigenvalue weighted by molar-refractivity contribution is 0.711. The quantitative estimate of drug-likeness (QED) is 0.855. The fraction of sp³-hybridized carbons (Fsp3) is 0.286. The fourth-order valence-corrected chi connectivity index (χ4v) is 2.76. The first-order chi connectivity index (χ1) is 9.25. The number of rotatable bonds is 2. The Labute approximate surface area is 117 Å². The van der Waals surface area contributed by atoms with E-state index in [1.807, 2.05) is 6.07 Å². The fourth-order valence-electron chi connectivity index (χ4n) is 2.63. The van der Waals surface area contributed by atoms with Crippen molar-refractivity contribution in [3.8, 4) is 0 Å². The Bertz CT molecular complexity index is 573. The summed E-state index contributed by atoms with van der Waals surface area (Å²) in [5.41, 5.74) is 7.85. The third kappa shape index (κ3) is 2.36. The van der Waals surface area contributed by atoms with Gasteiger partial charge in [-0.05, 0) is 30.0 Å². The van der Waals surface area contributed by atoms with Crippen LogP contribution < -0.4 is 10.6 Å². The standard InChI is InChI=1S/C14H15ClN4/c15-14-17-9-11(16)13(18-14)19-8-4-7-12(19)10-5-2-1-3-6-10/h1-3,5-6,9,12H,4,7-8,16H2. The summed E-state index contributed by atoms with van der Waals surface area (Å²) in [7, 11) is 0. The number of anilines is 2. The monoisotopic (exact) mass is 274 g/mol. The average Bonchev–Trinajstić information content (AvgIpc) is 2.91. The minimum atomic E-state index is 0.239. The third-order valence-electron chi connectivity index (χ3n) is 3.48. The van der Waals surface area contributed by atoms with E-state index in [0.717, 1.165) is 25.2 Å². The Balaban J connectivity index is 1.97. The van der Waals surface area contributed by atoms with Crippen molar-refractivity contribution in [1.29, 1.82) is 0 Å². The van der Waals surface area contributed by atoms with Crippen molar-refractivity contribution in [3.63, 3.8) is 0 Å². The lowest BCUT2D eigenvalue weighted by atomic mass is 10.0. The van der Waals surface area contributed by atoms with Crippen LogP contribution in [0.5, 0.6) is 0 Å². The lowest BCUT2D eigenvalue weighted by Crippen LogP contribution is -2.24. The molecule has 0 spiro atoms. The molecule has 1 aromatic carbocycles. The van der Waals surface area contributed by atoms with Crippen LogP contribution in [-0.4, -0.2) is 16.5 Å². The highest BCUT2D eigenvalue weighted by Crippen LogP contribution is 2.37. The SMILES string of the molecule is Nc1cnc(Cl)nc1N1CCCC1c1ccccc1. The van der Waals surface area contributed by atoms with Gasteiger partial charge in [-0.1, -0.05) is 30.3 Å². The number of benzene rings is 1. The van der Waals surface area contributed by atoms with Crippen molar-refractivity contribution < 1.29 is 0 Å². The number of nitrogens with two attached hydrogens (primary N) is 1. The Morgan fingerprint density at radius 2 is 2.05 bits per heavy atom. The van der Waals surface area contributed by atoms with E-state index in [9.17, 15) is 0 Å². The van der Waals surface area contributed by atoms with Gasteiger partial charge < -0.3 is 10.6 Å². The maximum absolute atomic E-state index is 5.98. The molecule has 1 unspecified atom stereocenters. The number of nitrogen functional groups attached to an aromatic ring is 1. The van der Waals surface area contributed by atoms with E-state index in [1.165, 1.54) is 5.56 Å². The zero-order chi connectivity index (χ0) is 13.2. The average molecular weight is 275 g/mol. The highest BCUT2D eigenvalue weighted by molar-refractivity contribution is 6.28. The molecule has 0 aliphatic carbocycles. The second-order valence-corrected chi connectivity index (χ2v) is 5.02. The Morgan fingerprint density at radius 1 is 1.26 bits per heavy atom. The van der Waals surface area contributed by atoms with Crippen molar-refractivity contribution >= 4 is 23.1 Å². The highest BCUT2D eigenvalue weighted by atomic mass is 35.5. The number of aromatic nitrogens is 2. The van der Waals surface area contributed by atoms with Crippen molar-refractivity contribution in [1.82, 2.24) is 9.97 Å². The van der Waals surface area contributed by atoms with Gasteiger partial charge in [-0.15, -0.1) is 0 Å². The molecule has 1 atom stereocenters. The third-order valence-corrected chi connectivity index (χ3v) is 3.66. The molecule has 1 aromatic heterocycles. The summed E-state index contributed by atoms with van der Waals surface area (Å²) in [5, 5.41) is 0.239. The summed E-state index contributed by atoms with van der Waals surface area (Å²) in [4.78, 5) is 10.4. The molecule has 3 rings (SSSR count). The van der Waals surface area contributed by atoms with Crippen LogP contribution >= 0.6 is 11.6 Å². The van der Waals surface area contributed by atoms with E-state index in [0.29, 0.717) is 11.7 Å². The molecule has 2 N–H and O–H groups in total. The molecule has 1 aliphatic heterocycles. The highest BCUT2D eigenvalue weighted by Gasteiger charge is 2.28. The minimum absolute atomic E-state index is 0.239. The van der Waals surface area contributed by atoms with Crippen molar-refractivity contribution in [2.75, 3.05) is 17.2 Å². The van der Waals surface area contributed by atoms with Crippen LogP contribution in [-0.2, 0) is 0 Å². The van der Waals surface area contributed by atoms with Gasteiger partial charge in [-0.3, -0.25) is 0 Å². The molecule has 1 saturated heterocycles. The Morgan fingerprint density at radius 3 is 2.84 bits per heavy atom. The molecular formula is C14H15ClN4. The molecule has 98 valence electrons. The topological polar surface area (TPSA) is 55.0 Å². The van der Waals surface area contributed by atoms with Gasteiger partial charge in [-0.2, -0.15) is 4.98 Å². The first-order valence-corrected chi connectivity index (χ1v) is 6.73. The van der Waals surface area contributed by atoms with Crippen LogP contribution in [0.15, 0.2) is 36.5 Å². The maximum Gasteiger partial charge on any atom is 0.224 e. The van der Waals surface area contributed by atoms with Gasteiger partial charge in [0, 0.05) is 6.54 Å². The molecule has 19 heavy (non-hydrogen) atoms. The van der Waals surface area contributed by atoms with Crippen LogP contribution in [0.4, 0.5) is 11.5 Å². The van der Waals surface area contributed by atoms with E-state index >= 15 is 0 Å². The molecule has 0 bridgehead atoms. The van der Waals surface area contributed by atoms with Gasteiger partial charge in [0.1, 0.15) is 0 Å². The smallest absolute Gasteiger partial charge is 0.224 e. The van der Waals surface area contributed by atoms with Crippen LogP contribution in [0.1, 0.15) is 24.4 Å². The molecule has 0 saturated carbocycles. The summed E-state index contributed by atoms with van der Waals surface area (Å²) >= 11 is 5.88. The van der Waals surface area contributed by atoms with Crippen molar-refractivity contribution in [3.05, 3.63) is 47.4 Å². The molecule has 2 aromatic rings. The van der Waals surface area contributed by atoms with Crippen LogP contribution in [0, 0.1) is 0 Å². The number of hydrogen-bond acceptors (Lipinski definition) is 4. The van der Waals surface area contributed by atoms with Gasteiger partial charge in [0.2, 0.25) is 5.28 Å². The summed E-state index contributed by atoms with van der Waals surface area (Å²) in [6.45, 7) is 0.942. The van der Waals surface area contributed by atoms with Gasteiger partial charge in [0.05, 0.1) is 17.9 Å². The maximum atomic E-state index is 5.98. The van der Waals surface area contributed by atoms with E-state index < -0.39 is 0 Å². The molecule has 0 amide bonds. The Hall–Kier alpha value is -1.81. The molecule has 5 heteroatoms. The van der Waals surface area contributed by atoms with Crippen LogP contribution in [0.2, 0.25) is 5.28 Å². The number of nitrogens with zero attached hydrogens (tertiary/aromatic N) is 3. The minimum Gasteiger partial charge on any atom is -0.394 e. The predicted octanol–water partition coefficient (Wildman–Crippen LogP) is 3.05. The number of halogens is 1. The predicted molar refractivity (Wildman–Crippen MR) is 77.2 cm³/mol. The first kappa shape index (κ1) is 12.2. The first-order valence-electron chi connectivity index (χ1n) is 6.35. The summed E-state index contributed by atoms with van der Waals surface area (Å²) < 4.78 is 0. The summed E-state index contributed by atoms with van der Waals surface area (Å²) in [5.74, 6) is 0.742. The number of hydrogen-bond donors (Lipinski definition) is 1. The summed E-state index contributed by atoms with van der Waals surface area (Å²) in [6.07, 6.45) is 3.80. The van der Waals surface area contributed by atoms with E-state index in [2.05, 4.69) is 39.1 Å². The zero-order valence-corrected chi connectivity index (χ0v) is 11.2. The second-order valence-electron chi connectivity index (χ2n) is 4.68. The van der Waals surface area contributed by atoms with E-state index in [-0.39, 0.29) is 5.28 Å². The normalized spacial score (nSPS) is 18.8. The molecule has 0 radical (unpaired) electrons.